The minimum Gasteiger partial charge on any atom is -0.308 e. The van der Waals surface area contributed by atoms with Crippen molar-refractivity contribution in [2.24, 2.45) is 0 Å². The van der Waals surface area contributed by atoms with Crippen molar-refractivity contribution in [2.75, 3.05) is 11.6 Å². The minimum atomic E-state index is 0.678. The Bertz CT molecular complexity index is 489. The summed E-state index contributed by atoms with van der Waals surface area (Å²) in [5.74, 6) is 0. The van der Waals surface area contributed by atoms with Gasteiger partial charge in [-0.15, -0.1) is 0 Å². The fraction of sp³-hybridized carbons (Fsp3) is 0.462. The molecular formula is C13H17N3. The number of hydrogen-bond acceptors (Lipinski definition) is 2. The number of hydrogen-bond donors (Lipinski definition) is 0. The van der Waals surface area contributed by atoms with Crippen LogP contribution in [0.2, 0.25) is 0 Å². The van der Waals surface area contributed by atoms with Gasteiger partial charge in [-0.3, -0.25) is 0 Å². The first kappa shape index (κ1) is 9.70. The fourth-order valence-corrected chi connectivity index (χ4v) is 2.67. The van der Waals surface area contributed by atoms with Gasteiger partial charge in [0.05, 0.1) is 11.0 Å². The first-order valence-electron chi connectivity index (χ1n) is 6.09. The van der Waals surface area contributed by atoms with Crippen LogP contribution in [0, 0.1) is 0 Å². The second kappa shape index (κ2) is 3.81. The van der Waals surface area contributed by atoms with Crippen LogP contribution in [0.15, 0.2) is 30.6 Å². The molecule has 0 saturated carbocycles. The Morgan fingerprint density at radius 1 is 1.38 bits per heavy atom. The molecule has 2 aromatic rings. The van der Waals surface area contributed by atoms with E-state index in [2.05, 4.69) is 39.8 Å². The Morgan fingerprint density at radius 2 is 2.25 bits per heavy atom. The molecule has 0 radical (unpaired) electrons. The standard InChI is InChI=1S/C13H17N3/c1-2-11-6-5-9-15(11)16-10-14-12-7-3-4-8-13(12)16/h3-4,7-8,10-11H,2,5-6,9H2,1H3/t11-/m1/s1. The number of para-hydroxylation sites is 2. The van der Waals surface area contributed by atoms with E-state index in [1.807, 2.05) is 12.4 Å². The van der Waals surface area contributed by atoms with Gasteiger partial charge in [-0.2, -0.15) is 0 Å². The van der Waals surface area contributed by atoms with Crippen LogP contribution in [0.1, 0.15) is 26.2 Å². The monoisotopic (exact) mass is 215 g/mol. The highest BCUT2D eigenvalue weighted by Crippen LogP contribution is 2.21. The average Bonchev–Trinajstić information content (AvgIpc) is 2.94. The van der Waals surface area contributed by atoms with Crippen LogP contribution in [0.3, 0.4) is 0 Å². The third-order valence-corrected chi connectivity index (χ3v) is 3.53. The van der Waals surface area contributed by atoms with E-state index in [-0.39, 0.29) is 0 Å². The second-order valence-electron chi connectivity index (χ2n) is 4.45. The summed E-state index contributed by atoms with van der Waals surface area (Å²) in [4.78, 5) is 4.45. The number of benzene rings is 1. The van der Waals surface area contributed by atoms with Crippen LogP contribution in [-0.2, 0) is 0 Å². The van der Waals surface area contributed by atoms with Crippen LogP contribution in [0.5, 0.6) is 0 Å². The highest BCUT2D eigenvalue weighted by Gasteiger charge is 2.24. The summed E-state index contributed by atoms with van der Waals surface area (Å²) in [7, 11) is 0. The molecule has 0 spiro atoms. The minimum absolute atomic E-state index is 0.678. The Kier molecular flexibility index (Phi) is 2.31. The Labute approximate surface area is 95.7 Å². The fourth-order valence-electron chi connectivity index (χ4n) is 2.67. The summed E-state index contributed by atoms with van der Waals surface area (Å²) in [5, 5.41) is 2.45. The average molecular weight is 215 g/mol. The van der Waals surface area contributed by atoms with Gasteiger partial charge < -0.3 is 5.01 Å². The zero-order valence-electron chi connectivity index (χ0n) is 9.63. The highest BCUT2D eigenvalue weighted by atomic mass is 15.6. The Morgan fingerprint density at radius 3 is 3.12 bits per heavy atom. The zero-order valence-corrected chi connectivity index (χ0v) is 9.63. The molecule has 1 saturated heterocycles. The smallest absolute Gasteiger partial charge is 0.116 e. The van der Waals surface area contributed by atoms with Crippen LogP contribution in [-0.4, -0.2) is 22.2 Å². The molecular weight excluding hydrogens is 198 g/mol. The molecule has 16 heavy (non-hydrogen) atoms. The van der Waals surface area contributed by atoms with Gasteiger partial charge in [0.15, 0.2) is 0 Å². The van der Waals surface area contributed by atoms with Crippen molar-refractivity contribution in [1.29, 1.82) is 0 Å². The first-order chi connectivity index (χ1) is 7.90. The van der Waals surface area contributed by atoms with Gasteiger partial charge in [-0.05, 0) is 31.4 Å². The van der Waals surface area contributed by atoms with Crippen LogP contribution in [0.4, 0.5) is 0 Å². The van der Waals surface area contributed by atoms with Crippen molar-refractivity contribution in [3.05, 3.63) is 30.6 Å². The lowest BCUT2D eigenvalue weighted by molar-refractivity contribution is 0.536. The van der Waals surface area contributed by atoms with Crippen LogP contribution < -0.4 is 5.01 Å². The van der Waals surface area contributed by atoms with Gasteiger partial charge in [0.1, 0.15) is 6.33 Å². The third kappa shape index (κ3) is 1.39. The van der Waals surface area contributed by atoms with Crippen molar-refractivity contribution >= 4 is 11.0 Å². The van der Waals surface area contributed by atoms with Gasteiger partial charge >= 0.3 is 0 Å². The predicted molar refractivity (Wildman–Crippen MR) is 66.1 cm³/mol. The molecule has 0 amide bonds. The summed E-state index contributed by atoms with van der Waals surface area (Å²) in [6, 6.07) is 9.02. The number of nitrogens with zero attached hydrogens (tertiary/aromatic N) is 3. The number of aromatic nitrogens is 2. The van der Waals surface area contributed by atoms with Crippen molar-refractivity contribution in [1.82, 2.24) is 9.66 Å². The molecule has 1 aliphatic rings. The van der Waals surface area contributed by atoms with Crippen LogP contribution >= 0.6 is 0 Å². The van der Waals surface area contributed by atoms with Gasteiger partial charge in [-0.1, -0.05) is 19.1 Å². The molecule has 3 rings (SSSR count). The van der Waals surface area contributed by atoms with Crippen molar-refractivity contribution in [2.45, 2.75) is 32.2 Å². The largest absolute Gasteiger partial charge is 0.308 e. The summed E-state index contributed by atoms with van der Waals surface area (Å²) >= 11 is 0. The number of fused-ring (bicyclic) bond motifs is 1. The number of rotatable bonds is 2. The van der Waals surface area contributed by atoms with E-state index < -0.39 is 0 Å². The van der Waals surface area contributed by atoms with E-state index in [1.54, 1.807) is 0 Å². The predicted octanol–water partition coefficient (Wildman–Crippen LogP) is 2.55. The van der Waals surface area contributed by atoms with Gasteiger partial charge in [0.2, 0.25) is 0 Å². The second-order valence-corrected chi connectivity index (χ2v) is 4.45. The van der Waals surface area contributed by atoms with E-state index in [9.17, 15) is 0 Å². The summed E-state index contributed by atoms with van der Waals surface area (Å²) in [6.45, 7) is 3.42. The maximum atomic E-state index is 4.45. The molecule has 0 unspecified atom stereocenters. The van der Waals surface area contributed by atoms with E-state index in [1.165, 1.54) is 24.8 Å². The maximum absolute atomic E-state index is 4.45. The van der Waals surface area contributed by atoms with E-state index in [4.69, 9.17) is 0 Å². The molecule has 84 valence electrons. The molecule has 3 heteroatoms. The summed E-state index contributed by atoms with van der Waals surface area (Å²) < 4.78 is 2.23. The lowest BCUT2D eigenvalue weighted by atomic mass is 10.2. The molecule has 3 nitrogen and oxygen atoms in total. The first-order valence-corrected chi connectivity index (χ1v) is 6.09. The molecule has 0 bridgehead atoms. The Hall–Kier alpha value is -1.51. The van der Waals surface area contributed by atoms with E-state index in [0.29, 0.717) is 6.04 Å². The van der Waals surface area contributed by atoms with Gasteiger partial charge in [-0.25, -0.2) is 9.66 Å². The molecule has 1 aliphatic heterocycles. The lowest BCUT2D eigenvalue weighted by Crippen LogP contribution is -2.38. The van der Waals surface area contributed by atoms with Crippen molar-refractivity contribution < 1.29 is 0 Å². The molecule has 0 N–H and O–H groups in total. The summed E-state index contributed by atoms with van der Waals surface area (Å²) in [6.07, 6.45) is 5.78. The maximum Gasteiger partial charge on any atom is 0.116 e. The molecule has 1 aromatic carbocycles. The van der Waals surface area contributed by atoms with Crippen LogP contribution in [0.25, 0.3) is 11.0 Å². The number of imidazole rings is 1. The molecule has 1 aromatic heterocycles. The Balaban J connectivity index is 2.05. The highest BCUT2D eigenvalue weighted by molar-refractivity contribution is 5.75. The van der Waals surface area contributed by atoms with Gasteiger partial charge in [0.25, 0.3) is 0 Å². The zero-order chi connectivity index (χ0) is 11.0. The lowest BCUT2D eigenvalue weighted by Gasteiger charge is -2.27. The molecule has 1 atom stereocenters. The van der Waals surface area contributed by atoms with Crippen molar-refractivity contribution in [3.8, 4) is 0 Å². The molecule has 0 aliphatic carbocycles. The van der Waals surface area contributed by atoms with E-state index in [0.717, 1.165) is 12.1 Å². The summed E-state index contributed by atoms with van der Waals surface area (Å²) in [5.41, 5.74) is 2.31. The molecule has 1 fully saturated rings. The topological polar surface area (TPSA) is 21.1 Å². The SMILES string of the molecule is CC[C@@H]1CCCN1n1cnc2ccccc21. The van der Waals surface area contributed by atoms with E-state index >= 15 is 0 Å². The normalized spacial score (nSPS) is 20.8. The van der Waals surface area contributed by atoms with Crippen molar-refractivity contribution in [3.63, 3.8) is 0 Å². The quantitative estimate of drug-likeness (QED) is 0.767. The third-order valence-electron chi connectivity index (χ3n) is 3.53. The van der Waals surface area contributed by atoms with Gasteiger partial charge in [0, 0.05) is 12.6 Å². The molecule has 2 heterocycles.